The van der Waals surface area contributed by atoms with Crippen molar-refractivity contribution in [1.82, 2.24) is 0 Å². The van der Waals surface area contributed by atoms with Gasteiger partial charge in [0.2, 0.25) is 0 Å². The zero-order valence-electron chi connectivity index (χ0n) is 16.3. The van der Waals surface area contributed by atoms with Crippen LogP contribution in [0, 0.1) is 18.3 Å². The van der Waals surface area contributed by atoms with E-state index >= 15 is 0 Å². The second-order valence-corrected chi connectivity index (χ2v) is 7.54. The van der Waals surface area contributed by atoms with Gasteiger partial charge in [-0.3, -0.25) is 0 Å². The summed E-state index contributed by atoms with van der Waals surface area (Å²) in [6, 6.07) is 0. The Kier molecular flexibility index (Phi) is 8.30. The summed E-state index contributed by atoms with van der Waals surface area (Å²) < 4.78 is 39.8. The van der Waals surface area contributed by atoms with Crippen LogP contribution in [0.25, 0.3) is 0 Å². The summed E-state index contributed by atoms with van der Waals surface area (Å²) in [5.41, 5.74) is 0. The van der Waals surface area contributed by atoms with Crippen LogP contribution in [0.3, 0.4) is 0 Å². The maximum absolute atomic E-state index is 5.92. The Morgan fingerprint density at radius 1 is 0.846 bits per heavy atom. The third-order valence-electron chi connectivity index (χ3n) is 4.14. The van der Waals surface area contributed by atoms with Gasteiger partial charge in [0.25, 0.3) is 0 Å². The predicted molar refractivity (Wildman–Crippen MR) is 94.6 cm³/mol. The van der Waals surface area contributed by atoms with E-state index in [1.54, 1.807) is 0 Å². The number of hydrogen-bond donors (Lipinski definition) is 0. The fourth-order valence-electron chi connectivity index (χ4n) is 2.52. The molecule has 2 fully saturated rings. The summed E-state index contributed by atoms with van der Waals surface area (Å²) in [5, 5.41) is 0. The van der Waals surface area contributed by atoms with Gasteiger partial charge in [0.05, 0.1) is 46.2 Å². The van der Waals surface area contributed by atoms with E-state index in [0.29, 0.717) is 46.2 Å². The lowest BCUT2D eigenvalue weighted by molar-refractivity contribution is -0.285. The van der Waals surface area contributed by atoms with Crippen molar-refractivity contribution >= 4 is 0 Å². The Morgan fingerprint density at radius 2 is 1.27 bits per heavy atom. The van der Waals surface area contributed by atoms with Crippen molar-refractivity contribution in [3.63, 3.8) is 0 Å². The van der Waals surface area contributed by atoms with Gasteiger partial charge in [-0.2, -0.15) is 0 Å². The molecule has 0 aromatic carbocycles. The number of ether oxygens (including phenoxy) is 7. The quantitative estimate of drug-likeness (QED) is 0.450. The van der Waals surface area contributed by atoms with Gasteiger partial charge in [0, 0.05) is 5.92 Å². The molecule has 0 aromatic heterocycles. The molecular weight excluding hydrogens is 340 g/mol. The van der Waals surface area contributed by atoms with Gasteiger partial charge in [-0.15, -0.1) is 6.42 Å². The molecular formula is C19H32O7. The van der Waals surface area contributed by atoms with E-state index in [9.17, 15) is 0 Å². The second kappa shape index (κ2) is 10.00. The van der Waals surface area contributed by atoms with E-state index < -0.39 is 11.6 Å². The normalized spacial score (nSPS) is 23.8. The monoisotopic (exact) mass is 372 g/mol. The smallest absolute Gasteiger partial charge is 0.163 e. The maximum atomic E-state index is 5.92. The predicted octanol–water partition coefficient (Wildman–Crippen LogP) is 1.59. The Morgan fingerprint density at radius 3 is 1.65 bits per heavy atom. The highest BCUT2D eigenvalue weighted by Gasteiger charge is 2.31. The van der Waals surface area contributed by atoms with E-state index in [1.165, 1.54) is 0 Å². The largest absolute Gasteiger partial charge is 0.373 e. The molecule has 2 saturated heterocycles. The lowest BCUT2D eigenvalue weighted by Crippen LogP contribution is -2.45. The molecule has 7 heteroatoms. The van der Waals surface area contributed by atoms with E-state index in [4.69, 9.17) is 39.6 Å². The minimum Gasteiger partial charge on any atom is -0.373 e. The van der Waals surface area contributed by atoms with Gasteiger partial charge in [-0.1, -0.05) is 5.92 Å². The topological polar surface area (TPSA) is 64.6 Å². The minimum absolute atomic E-state index is 0.0493. The molecule has 2 rings (SSSR count). The van der Waals surface area contributed by atoms with Crippen molar-refractivity contribution in [2.45, 2.75) is 51.5 Å². The molecule has 2 heterocycles. The Bertz CT molecular complexity index is 405. The first-order valence-electron chi connectivity index (χ1n) is 9.10. The van der Waals surface area contributed by atoms with Crippen molar-refractivity contribution in [3.8, 4) is 12.3 Å². The van der Waals surface area contributed by atoms with E-state index in [-0.39, 0.29) is 24.7 Å². The molecule has 0 atom stereocenters. The molecule has 0 bridgehead atoms. The third kappa shape index (κ3) is 7.89. The van der Waals surface area contributed by atoms with Gasteiger partial charge in [-0.05, 0) is 27.7 Å². The van der Waals surface area contributed by atoms with Crippen molar-refractivity contribution in [2.75, 3.05) is 52.9 Å². The van der Waals surface area contributed by atoms with Gasteiger partial charge in [0.1, 0.15) is 18.8 Å². The molecule has 7 nitrogen and oxygen atoms in total. The van der Waals surface area contributed by atoms with Gasteiger partial charge >= 0.3 is 0 Å². The standard InChI is InChI=1S/C19H32O7/c1-6-7-20-8-15(9-21-16-11-23-18(2,3)24-12-16)10-22-17-13-25-19(4,5)26-14-17/h1,15-17H,7-14H2,2-5H3. The summed E-state index contributed by atoms with van der Waals surface area (Å²) in [7, 11) is 0. The molecule has 0 radical (unpaired) electrons. The maximum Gasteiger partial charge on any atom is 0.163 e. The number of terminal acetylenes is 1. The van der Waals surface area contributed by atoms with Crippen LogP contribution in [0.2, 0.25) is 0 Å². The Balaban J connectivity index is 1.72. The van der Waals surface area contributed by atoms with Crippen molar-refractivity contribution in [3.05, 3.63) is 0 Å². The van der Waals surface area contributed by atoms with Crippen LogP contribution in [0.15, 0.2) is 0 Å². The summed E-state index contributed by atoms with van der Waals surface area (Å²) in [6.07, 6.45) is 5.05. The molecule has 0 spiro atoms. The Labute approximate surface area is 156 Å². The summed E-state index contributed by atoms with van der Waals surface area (Å²) >= 11 is 0. The summed E-state index contributed by atoms with van der Waals surface area (Å²) in [5.74, 6) is 1.42. The molecule has 0 amide bonds. The molecule has 0 N–H and O–H groups in total. The highest BCUT2D eigenvalue weighted by Crippen LogP contribution is 2.20. The first kappa shape index (κ1) is 21.6. The summed E-state index contributed by atoms with van der Waals surface area (Å²) in [4.78, 5) is 0. The lowest BCUT2D eigenvalue weighted by Gasteiger charge is -2.36. The molecule has 26 heavy (non-hydrogen) atoms. The lowest BCUT2D eigenvalue weighted by atomic mass is 10.2. The van der Waals surface area contributed by atoms with Crippen molar-refractivity contribution in [1.29, 1.82) is 0 Å². The fourth-order valence-corrected chi connectivity index (χ4v) is 2.52. The highest BCUT2D eigenvalue weighted by molar-refractivity contribution is 4.83. The second-order valence-electron chi connectivity index (χ2n) is 7.54. The molecule has 150 valence electrons. The van der Waals surface area contributed by atoms with Gasteiger partial charge in [0.15, 0.2) is 11.6 Å². The van der Waals surface area contributed by atoms with Crippen LogP contribution < -0.4 is 0 Å². The zero-order chi connectivity index (χ0) is 19.0. The number of hydrogen-bond acceptors (Lipinski definition) is 7. The van der Waals surface area contributed by atoms with Crippen LogP contribution in [-0.2, 0) is 33.2 Å². The molecule has 0 aromatic rings. The minimum atomic E-state index is -0.549. The van der Waals surface area contributed by atoms with Crippen molar-refractivity contribution < 1.29 is 33.2 Å². The highest BCUT2D eigenvalue weighted by atomic mass is 16.7. The van der Waals surface area contributed by atoms with Crippen LogP contribution >= 0.6 is 0 Å². The Hall–Kier alpha value is -0.720. The molecule has 0 saturated carbocycles. The van der Waals surface area contributed by atoms with Crippen LogP contribution in [0.1, 0.15) is 27.7 Å². The SMILES string of the molecule is C#CCOCC(COC1COC(C)(C)OC1)COC1COC(C)(C)OC1. The van der Waals surface area contributed by atoms with Gasteiger partial charge < -0.3 is 33.2 Å². The molecule has 2 aliphatic rings. The first-order chi connectivity index (χ1) is 12.3. The third-order valence-corrected chi connectivity index (χ3v) is 4.14. The van der Waals surface area contributed by atoms with Crippen LogP contribution in [0.4, 0.5) is 0 Å². The first-order valence-corrected chi connectivity index (χ1v) is 9.10. The van der Waals surface area contributed by atoms with Gasteiger partial charge in [-0.25, -0.2) is 0 Å². The average Bonchev–Trinajstić information content (AvgIpc) is 2.59. The molecule has 2 aliphatic heterocycles. The average molecular weight is 372 g/mol. The fraction of sp³-hybridized carbons (Fsp3) is 0.895. The van der Waals surface area contributed by atoms with E-state index in [1.807, 2.05) is 27.7 Å². The van der Waals surface area contributed by atoms with Crippen LogP contribution in [-0.4, -0.2) is 76.6 Å². The molecule has 0 unspecified atom stereocenters. The van der Waals surface area contributed by atoms with Crippen molar-refractivity contribution in [2.24, 2.45) is 5.92 Å². The summed E-state index contributed by atoms with van der Waals surface area (Å²) in [6.45, 7) is 11.3. The van der Waals surface area contributed by atoms with E-state index in [2.05, 4.69) is 5.92 Å². The van der Waals surface area contributed by atoms with Crippen LogP contribution in [0.5, 0.6) is 0 Å². The van der Waals surface area contributed by atoms with E-state index in [0.717, 1.165) is 0 Å². The number of rotatable bonds is 9. The molecule has 0 aliphatic carbocycles. The zero-order valence-corrected chi connectivity index (χ0v) is 16.3.